The SMILES string of the molecule is Cc1nc(-c2ccc(N)cc2)co1.Cl.Cl. The van der Waals surface area contributed by atoms with Gasteiger partial charge in [-0.2, -0.15) is 0 Å². The van der Waals surface area contributed by atoms with Crippen molar-refractivity contribution in [1.29, 1.82) is 0 Å². The summed E-state index contributed by atoms with van der Waals surface area (Å²) in [5, 5.41) is 0. The van der Waals surface area contributed by atoms with Gasteiger partial charge in [0.05, 0.1) is 0 Å². The van der Waals surface area contributed by atoms with E-state index in [0.29, 0.717) is 5.89 Å². The molecule has 0 saturated heterocycles. The highest BCUT2D eigenvalue weighted by molar-refractivity contribution is 5.85. The van der Waals surface area contributed by atoms with Gasteiger partial charge in [0.1, 0.15) is 12.0 Å². The third-order valence-corrected chi connectivity index (χ3v) is 1.83. The summed E-state index contributed by atoms with van der Waals surface area (Å²) in [4.78, 5) is 4.20. The molecule has 2 N–H and O–H groups in total. The van der Waals surface area contributed by atoms with Crippen molar-refractivity contribution >= 4 is 30.5 Å². The van der Waals surface area contributed by atoms with Gasteiger partial charge >= 0.3 is 0 Å². The average Bonchev–Trinajstić information content (AvgIpc) is 2.53. The zero-order valence-electron chi connectivity index (χ0n) is 8.14. The first-order valence-corrected chi connectivity index (χ1v) is 4.04. The second-order valence-electron chi connectivity index (χ2n) is 2.87. The van der Waals surface area contributed by atoms with Crippen LogP contribution in [0.4, 0.5) is 5.69 Å². The summed E-state index contributed by atoms with van der Waals surface area (Å²) in [6.07, 6.45) is 1.64. The van der Waals surface area contributed by atoms with Crippen molar-refractivity contribution in [1.82, 2.24) is 4.98 Å². The smallest absolute Gasteiger partial charge is 0.191 e. The summed E-state index contributed by atoms with van der Waals surface area (Å²) < 4.78 is 5.11. The monoisotopic (exact) mass is 246 g/mol. The standard InChI is InChI=1S/C10H10N2O.2ClH/c1-7-12-10(6-13-7)8-2-4-9(11)5-3-8;;/h2-6H,11H2,1H3;2*1H. The van der Waals surface area contributed by atoms with E-state index < -0.39 is 0 Å². The van der Waals surface area contributed by atoms with Crippen LogP contribution in [0.15, 0.2) is 34.9 Å². The average molecular weight is 247 g/mol. The molecule has 0 spiro atoms. The van der Waals surface area contributed by atoms with Crippen molar-refractivity contribution in [3.63, 3.8) is 0 Å². The molecule has 3 nitrogen and oxygen atoms in total. The molecule has 2 rings (SSSR count). The molecular weight excluding hydrogens is 235 g/mol. The zero-order chi connectivity index (χ0) is 9.26. The fourth-order valence-corrected chi connectivity index (χ4v) is 1.15. The third-order valence-electron chi connectivity index (χ3n) is 1.83. The molecule has 0 unspecified atom stereocenters. The lowest BCUT2D eigenvalue weighted by Gasteiger charge is -1.95. The number of hydrogen-bond acceptors (Lipinski definition) is 3. The third kappa shape index (κ3) is 3.15. The minimum atomic E-state index is 0. The van der Waals surface area contributed by atoms with Gasteiger partial charge in [-0.1, -0.05) is 12.1 Å². The molecule has 0 aliphatic heterocycles. The molecule has 2 aromatic rings. The number of halogens is 2. The zero-order valence-corrected chi connectivity index (χ0v) is 9.77. The van der Waals surface area contributed by atoms with Gasteiger partial charge in [0.25, 0.3) is 0 Å². The van der Waals surface area contributed by atoms with Crippen LogP contribution in [0.5, 0.6) is 0 Å². The first kappa shape index (κ1) is 13.8. The summed E-state index contributed by atoms with van der Waals surface area (Å²) in [6.45, 7) is 1.82. The molecule has 1 aromatic heterocycles. The van der Waals surface area contributed by atoms with E-state index >= 15 is 0 Å². The topological polar surface area (TPSA) is 52.0 Å². The number of anilines is 1. The van der Waals surface area contributed by atoms with Crippen LogP contribution in [0.3, 0.4) is 0 Å². The molecule has 0 saturated carbocycles. The summed E-state index contributed by atoms with van der Waals surface area (Å²) in [5.74, 6) is 0.673. The Morgan fingerprint density at radius 1 is 1.13 bits per heavy atom. The molecule has 0 amide bonds. The number of rotatable bonds is 1. The van der Waals surface area contributed by atoms with E-state index in [9.17, 15) is 0 Å². The summed E-state index contributed by atoms with van der Waals surface area (Å²) in [6, 6.07) is 7.54. The van der Waals surface area contributed by atoms with Crippen LogP contribution in [0.25, 0.3) is 11.3 Å². The van der Waals surface area contributed by atoms with Crippen molar-refractivity contribution in [3.05, 3.63) is 36.4 Å². The number of oxazole rings is 1. The second kappa shape index (κ2) is 5.63. The minimum absolute atomic E-state index is 0. The molecule has 0 atom stereocenters. The molecule has 1 heterocycles. The highest BCUT2D eigenvalue weighted by atomic mass is 35.5. The predicted octanol–water partition coefficient (Wildman–Crippen LogP) is 3.08. The van der Waals surface area contributed by atoms with Crippen LogP contribution in [-0.4, -0.2) is 4.98 Å². The van der Waals surface area contributed by atoms with Crippen molar-refractivity contribution in [2.45, 2.75) is 6.92 Å². The van der Waals surface area contributed by atoms with Gasteiger partial charge < -0.3 is 10.2 Å². The first-order valence-electron chi connectivity index (χ1n) is 4.04. The minimum Gasteiger partial charge on any atom is -0.449 e. The van der Waals surface area contributed by atoms with Crippen LogP contribution in [-0.2, 0) is 0 Å². The van der Waals surface area contributed by atoms with Crippen LogP contribution < -0.4 is 5.73 Å². The number of benzene rings is 1. The van der Waals surface area contributed by atoms with Gasteiger partial charge in [0.15, 0.2) is 5.89 Å². The second-order valence-corrected chi connectivity index (χ2v) is 2.87. The Kier molecular flexibility index (Phi) is 5.19. The van der Waals surface area contributed by atoms with E-state index in [2.05, 4.69) is 4.98 Å². The maximum Gasteiger partial charge on any atom is 0.191 e. The van der Waals surface area contributed by atoms with E-state index in [4.69, 9.17) is 10.2 Å². The molecule has 0 aliphatic rings. The van der Waals surface area contributed by atoms with Crippen LogP contribution in [0.2, 0.25) is 0 Å². The van der Waals surface area contributed by atoms with E-state index in [0.717, 1.165) is 16.9 Å². The summed E-state index contributed by atoms with van der Waals surface area (Å²) in [5.41, 5.74) is 8.18. The van der Waals surface area contributed by atoms with Crippen LogP contribution in [0.1, 0.15) is 5.89 Å². The Labute approximate surface area is 101 Å². The molecular formula is C10H12Cl2N2O. The molecule has 15 heavy (non-hydrogen) atoms. The van der Waals surface area contributed by atoms with E-state index in [1.54, 1.807) is 6.26 Å². The Hall–Kier alpha value is -1.19. The molecule has 0 radical (unpaired) electrons. The molecule has 0 aliphatic carbocycles. The lowest BCUT2D eigenvalue weighted by Crippen LogP contribution is -1.83. The van der Waals surface area contributed by atoms with E-state index in [-0.39, 0.29) is 24.8 Å². The van der Waals surface area contributed by atoms with E-state index in [1.807, 2.05) is 31.2 Å². The lowest BCUT2D eigenvalue weighted by atomic mass is 10.1. The van der Waals surface area contributed by atoms with Gasteiger partial charge in [0, 0.05) is 18.2 Å². The summed E-state index contributed by atoms with van der Waals surface area (Å²) >= 11 is 0. The highest BCUT2D eigenvalue weighted by Crippen LogP contribution is 2.19. The molecule has 5 heteroatoms. The van der Waals surface area contributed by atoms with Crippen LogP contribution in [0, 0.1) is 6.92 Å². The molecule has 0 fully saturated rings. The van der Waals surface area contributed by atoms with Crippen LogP contribution >= 0.6 is 24.8 Å². The van der Waals surface area contributed by atoms with Gasteiger partial charge in [-0.3, -0.25) is 0 Å². The Morgan fingerprint density at radius 2 is 1.73 bits per heavy atom. The quantitative estimate of drug-likeness (QED) is 0.788. The van der Waals surface area contributed by atoms with E-state index in [1.165, 1.54) is 0 Å². The summed E-state index contributed by atoms with van der Waals surface area (Å²) in [7, 11) is 0. The number of nitrogens with zero attached hydrogens (tertiary/aromatic N) is 1. The molecule has 82 valence electrons. The van der Waals surface area contributed by atoms with Gasteiger partial charge in [0.2, 0.25) is 0 Å². The fraction of sp³-hybridized carbons (Fsp3) is 0.100. The lowest BCUT2D eigenvalue weighted by molar-refractivity contribution is 0.521. The number of nitrogen functional groups attached to an aromatic ring is 1. The Balaban J connectivity index is 0.000000980. The Morgan fingerprint density at radius 3 is 2.20 bits per heavy atom. The van der Waals surface area contributed by atoms with Crippen molar-refractivity contribution in [2.75, 3.05) is 5.73 Å². The largest absolute Gasteiger partial charge is 0.449 e. The normalized spacial score (nSPS) is 8.87. The van der Waals surface area contributed by atoms with Crippen molar-refractivity contribution in [3.8, 4) is 11.3 Å². The number of nitrogens with two attached hydrogens (primary N) is 1. The number of aromatic nitrogens is 1. The maximum atomic E-state index is 5.57. The first-order chi connectivity index (χ1) is 6.25. The number of aryl methyl sites for hydroxylation is 1. The van der Waals surface area contributed by atoms with Gasteiger partial charge in [-0.05, 0) is 12.1 Å². The predicted molar refractivity (Wildman–Crippen MR) is 65.6 cm³/mol. The van der Waals surface area contributed by atoms with Gasteiger partial charge in [-0.15, -0.1) is 24.8 Å². The molecule has 0 bridgehead atoms. The molecule has 1 aromatic carbocycles. The number of hydrogen-bond donors (Lipinski definition) is 1. The fourth-order valence-electron chi connectivity index (χ4n) is 1.15. The maximum absolute atomic E-state index is 5.57. The highest BCUT2D eigenvalue weighted by Gasteiger charge is 2.01. The van der Waals surface area contributed by atoms with Gasteiger partial charge in [-0.25, -0.2) is 4.98 Å². The van der Waals surface area contributed by atoms with Crippen molar-refractivity contribution in [2.24, 2.45) is 0 Å². The van der Waals surface area contributed by atoms with Crippen molar-refractivity contribution < 1.29 is 4.42 Å². The Bertz CT molecular complexity index is 412.